The molecule has 2 heterocycles. The second kappa shape index (κ2) is 5.39. The molecule has 2 aromatic carbocycles. The van der Waals surface area contributed by atoms with E-state index in [4.69, 9.17) is 0 Å². The van der Waals surface area contributed by atoms with Gasteiger partial charge in [0.1, 0.15) is 12.1 Å². The Morgan fingerprint density at radius 3 is 2.82 bits per heavy atom. The molecule has 22 heavy (non-hydrogen) atoms. The first kappa shape index (κ1) is 13.2. The Balaban J connectivity index is 1.75. The van der Waals surface area contributed by atoms with Crippen molar-refractivity contribution in [1.29, 1.82) is 0 Å². The minimum Gasteiger partial charge on any atom is -0.362 e. The number of benzene rings is 2. The fourth-order valence-electron chi connectivity index (χ4n) is 2.80. The molecule has 1 atom stereocenters. The summed E-state index contributed by atoms with van der Waals surface area (Å²) in [5, 5.41) is 8.13. The lowest BCUT2D eigenvalue weighted by molar-refractivity contribution is 0.885. The molecule has 4 aromatic rings. The highest BCUT2D eigenvalue weighted by Gasteiger charge is 2.12. The third-order valence-corrected chi connectivity index (χ3v) is 4.80. The van der Waals surface area contributed by atoms with Crippen LogP contribution in [-0.2, 0) is 0 Å². The van der Waals surface area contributed by atoms with Crippen LogP contribution in [0.3, 0.4) is 0 Å². The lowest BCUT2D eigenvalue weighted by Crippen LogP contribution is -2.08. The van der Waals surface area contributed by atoms with Gasteiger partial charge in [0.25, 0.3) is 0 Å². The second-order valence-electron chi connectivity index (χ2n) is 5.29. The molecule has 0 radical (unpaired) electrons. The van der Waals surface area contributed by atoms with Crippen LogP contribution >= 0.6 is 11.3 Å². The van der Waals surface area contributed by atoms with Crippen LogP contribution in [0.2, 0.25) is 0 Å². The van der Waals surface area contributed by atoms with Crippen LogP contribution in [0.15, 0.2) is 60.2 Å². The maximum atomic E-state index is 4.41. The number of nitrogens with zero attached hydrogens (tertiary/aromatic N) is 2. The van der Waals surface area contributed by atoms with E-state index in [1.807, 2.05) is 11.4 Å². The lowest BCUT2D eigenvalue weighted by Gasteiger charge is -2.17. The van der Waals surface area contributed by atoms with Crippen LogP contribution in [0.4, 0.5) is 5.82 Å². The van der Waals surface area contributed by atoms with Gasteiger partial charge < -0.3 is 5.32 Å². The van der Waals surface area contributed by atoms with Gasteiger partial charge in [0.15, 0.2) is 0 Å². The summed E-state index contributed by atoms with van der Waals surface area (Å²) in [6, 6.07) is 17.1. The topological polar surface area (TPSA) is 37.8 Å². The van der Waals surface area contributed by atoms with Gasteiger partial charge in [0.2, 0.25) is 0 Å². The molecule has 3 nitrogen and oxygen atoms in total. The van der Waals surface area contributed by atoms with Crippen LogP contribution < -0.4 is 5.32 Å². The Morgan fingerprint density at radius 2 is 1.86 bits per heavy atom. The highest BCUT2D eigenvalue weighted by atomic mass is 32.1. The summed E-state index contributed by atoms with van der Waals surface area (Å²) in [4.78, 5) is 8.70. The highest BCUT2D eigenvalue weighted by molar-refractivity contribution is 7.17. The average molecular weight is 305 g/mol. The first-order valence-electron chi connectivity index (χ1n) is 7.25. The van der Waals surface area contributed by atoms with Crippen LogP contribution in [0, 0.1) is 0 Å². The molecule has 0 aliphatic carbocycles. The first-order valence-corrected chi connectivity index (χ1v) is 8.13. The van der Waals surface area contributed by atoms with Crippen molar-refractivity contribution in [3.8, 4) is 0 Å². The number of fused-ring (bicyclic) bond motifs is 2. The molecule has 2 aromatic heterocycles. The van der Waals surface area contributed by atoms with E-state index in [2.05, 4.69) is 64.7 Å². The molecule has 0 saturated carbocycles. The van der Waals surface area contributed by atoms with Gasteiger partial charge in [0, 0.05) is 0 Å². The smallest absolute Gasteiger partial charge is 0.147 e. The summed E-state index contributed by atoms with van der Waals surface area (Å²) in [5.74, 6) is 0.903. The fourth-order valence-corrected chi connectivity index (χ4v) is 3.60. The minimum absolute atomic E-state index is 0.173. The fraction of sp³-hybridized carbons (Fsp3) is 0.111. The zero-order valence-corrected chi connectivity index (χ0v) is 13.0. The number of hydrogen-bond donors (Lipinski definition) is 1. The van der Waals surface area contributed by atoms with E-state index in [-0.39, 0.29) is 6.04 Å². The maximum Gasteiger partial charge on any atom is 0.147 e. The molecule has 0 unspecified atom stereocenters. The predicted octanol–water partition coefficient (Wildman–Crippen LogP) is 5.02. The normalized spacial score (nSPS) is 12.6. The number of thiophene rings is 1. The van der Waals surface area contributed by atoms with E-state index < -0.39 is 0 Å². The van der Waals surface area contributed by atoms with Gasteiger partial charge >= 0.3 is 0 Å². The second-order valence-corrected chi connectivity index (χ2v) is 6.21. The van der Waals surface area contributed by atoms with Gasteiger partial charge in [-0.25, -0.2) is 9.97 Å². The Labute approximate surface area is 132 Å². The summed E-state index contributed by atoms with van der Waals surface area (Å²) in [6.45, 7) is 2.17. The van der Waals surface area contributed by atoms with E-state index in [0.717, 1.165) is 16.0 Å². The van der Waals surface area contributed by atoms with Crippen molar-refractivity contribution in [2.45, 2.75) is 13.0 Å². The van der Waals surface area contributed by atoms with E-state index >= 15 is 0 Å². The van der Waals surface area contributed by atoms with Gasteiger partial charge in [-0.3, -0.25) is 0 Å². The summed E-state index contributed by atoms with van der Waals surface area (Å²) < 4.78 is 1.11. The lowest BCUT2D eigenvalue weighted by atomic mass is 10.00. The molecule has 0 spiro atoms. The molecule has 0 saturated heterocycles. The monoisotopic (exact) mass is 305 g/mol. The van der Waals surface area contributed by atoms with Crippen LogP contribution in [0.25, 0.3) is 21.0 Å². The van der Waals surface area contributed by atoms with Crippen molar-refractivity contribution in [2.75, 3.05) is 5.32 Å². The number of hydrogen-bond acceptors (Lipinski definition) is 4. The third kappa shape index (κ3) is 2.22. The van der Waals surface area contributed by atoms with E-state index in [1.165, 1.54) is 16.3 Å². The summed E-state index contributed by atoms with van der Waals surface area (Å²) in [7, 11) is 0. The zero-order chi connectivity index (χ0) is 14.9. The van der Waals surface area contributed by atoms with Crippen LogP contribution in [0.1, 0.15) is 18.5 Å². The van der Waals surface area contributed by atoms with Gasteiger partial charge in [-0.15, -0.1) is 11.3 Å². The third-order valence-electron chi connectivity index (χ3n) is 3.89. The maximum absolute atomic E-state index is 4.41. The van der Waals surface area contributed by atoms with Crippen molar-refractivity contribution in [1.82, 2.24) is 9.97 Å². The van der Waals surface area contributed by atoms with Crippen LogP contribution in [-0.4, -0.2) is 9.97 Å². The molecule has 0 aliphatic rings. The largest absolute Gasteiger partial charge is 0.362 e. The molecule has 0 aliphatic heterocycles. The summed E-state index contributed by atoms with van der Waals surface area (Å²) in [6.07, 6.45) is 1.62. The molecular formula is C18H15N3S. The van der Waals surface area contributed by atoms with E-state index in [0.29, 0.717) is 0 Å². The van der Waals surface area contributed by atoms with Crippen molar-refractivity contribution in [3.05, 3.63) is 65.8 Å². The SMILES string of the molecule is C[C@@H](Nc1ncnc2ccsc12)c1cccc2ccccc12. The van der Waals surface area contributed by atoms with Gasteiger partial charge in [0.05, 0.1) is 16.3 Å². The first-order chi connectivity index (χ1) is 10.8. The highest BCUT2D eigenvalue weighted by Crippen LogP contribution is 2.30. The van der Waals surface area contributed by atoms with Crippen molar-refractivity contribution >= 4 is 38.1 Å². The average Bonchev–Trinajstić information content (AvgIpc) is 3.04. The summed E-state index contributed by atoms with van der Waals surface area (Å²) >= 11 is 1.67. The molecule has 0 bridgehead atoms. The van der Waals surface area contributed by atoms with E-state index in [1.54, 1.807) is 17.7 Å². The Bertz CT molecular complexity index is 940. The van der Waals surface area contributed by atoms with Gasteiger partial charge in [-0.1, -0.05) is 42.5 Å². The Kier molecular flexibility index (Phi) is 3.24. The molecule has 4 heteroatoms. The molecule has 1 N–H and O–H groups in total. The van der Waals surface area contributed by atoms with Gasteiger partial charge in [-0.2, -0.15) is 0 Å². The molecule has 0 fully saturated rings. The number of anilines is 1. The number of aromatic nitrogens is 2. The molecular weight excluding hydrogens is 290 g/mol. The van der Waals surface area contributed by atoms with Crippen LogP contribution in [0.5, 0.6) is 0 Å². The summed E-state index contributed by atoms with van der Waals surface area (Å²) in [5.41, 5.74) is 2.27. The quantitative estimate of drug-likeness (QED) is 0.577. The minimum atomic E-state index is 0.173. The predicted molar refractivity (Wildman–Crippen MR) is 93.4 cm³/mol. The molecule has 0 amide bonds. The van der Waals surface area contributed by atoms with Gasteiger partial charge in [-0.05, 0) is 34.7 Å². The van der Waals surface area contributed by atoms with Crippen molar-refractivity contribution in [3.63, 3.8) is 0 Å². The number of rotatable bonds is 3. The number of nitrogens with one attached hydrogen (secondary N) is 1. The van der Waals surface area contributed by atoms with E-state index in [9.17, 15) is 0 Å². The van der Waals surface area contributed by atoms with Crippen molar-refractivity contribution in [2.24, 2.45) is 0 Å². The zero-order valence-electron chi connectivity index (χ0n) is 12.2. The standard InChI is InChI=1S/C18H15N3S/c1-12(14-8-4-6-13-5-2-3-7-15(13)14)21-18-17-16(9-10-22-17)19-11-20-18/h2-12H,1H3,(H,19,20,21)/t12-/m1/s1. The Hall–Kier alpha value is -2.46. The Morgan fingerprint density at radius 1 is 1.00 bits per heavy atom. The molecule has 108 valence electrons. The van der Waals surface area contributed by atoms with Crippen molar-refractivity contribution < 1.29 is 0 Å². The molecule has 4 rings (SSSR count).